The van der Waals surface area contributed by atoms with Gasteiger partial charge in [-0.3, -0.25) is 18.6 Å². The molecule has 0 aromatic carbocycles. The Morgan fingerprint density at radius 1 is 0.519 bits per heavy atom. The molecule has 0 radical (unpaired) electrons. The monoisotopic (exact) mass is 781 g/mol. The second-order valence-corrected chi connectivity index (χ2v) is 15.8. The van der Waals surface area contributed by atoms with Crippen LogP contribution in [0.2, 0.25) is 0 Å². The number of rotatable bonds is 40. The van der Waals surface area contributed by atoms with Gasteiger partial charge in [0.05, 0.1) is 13.2 Å². The van der Waals surface area contributed by atoms with Crippen LogP contribution in [0.3, 0.4) is 0 Å². The molecule has 0 bridgehead atoms. The molecule has 0 amide bonds. The quantitative estimate of drug-likeness (QED) is 0.0283. The summed E-state index contributed by atoms with van der Waals surface area (Å²) in [6, 6.07) is 0. The fraction of sp³-hybridized carbons (Fsp3) is 0.778. The fourth-order valence-electron chi connectivity index (χ4n) is 5.93. The van der Waals surface area contributed by atoms with Gasteiger partial charge in [-0.15, -0.1) is 0 Å². The number of phosphoric acid groups is 1. The highest BCUT2D eigenvalue weighted by Crippen LogP contribution is 2.43. The molecule has 1 N–H and O–H groups in total. The molecular formula is C45H81O8P. The van der Waals surface area contributed by atoms with Crippen molar-refractivity contribution < 1.29 is 37.6 Å². The highest BCUT2D eigenvalue weighted by Gasteiger charge is 2.25. The number of hydrogen-bond acceptors (Lipinski definition) is 7. The minimum Gasteiger partial charge on any atom is -0.462 e. The molecule has 0 saturated carbocycles. The summed E-state index contributed by atoms with van der Waals surface area (Å²) in [7, 11) is -4.28. The topological polar surface area (TPSA) is 108 Å². The predicted molar refractivity (Wildman–Crippen MR) is 225 cm³/mol. The predicted octanol–water partition coefficient (Wildman–Crippen LogP) is 13.8. The summed E-state index contributed by atoms with van der Waals surface area (Å²) in [5, 5.41) is 0. The molecule has 2 unspecified atom stereocenters. The van der Waals surface area contributed by atoms with Gasteiger partial charge < -0.3 is 14.4 Å². The molecule has 2 atom stereocenters. The number of unbranched alkanes of at least 4 members (excludes halogenated alkanes) is 20. The van der Waals surface area contributed by atoms with E-state index in [4.69, 9.17) is 18.5 Å². The van der Waals surface area contributed by atoms with E-state index in [-0.39, 0.29) is 32.0 Å². The molecule has 0 heterocycles. The van der Waals surface area contributed by atoms with Crippen LogP contribution in [0, 0.1) is 0 Å². The summed E-state index contributed by atoms with van der Waals surface area (Å²) < 4.78 is 32.7. The van der Waals surface area contributed by atoms with Crippen LogP contribution in [0.15, 0.2) is 48.6 Å². The molecule has 0 fully saturated rings. The van der Waals surface area contributed by atoms with Crippen molar-refractivity contribution in [3.63, 3.8) is 0 Å². The van der Waals surface area contributed by atoms with Gasteiger partial charge in [-0.05, 0) is 77.6 Å². The van der Waals surface area contributed by atoms with Crippen LogP contribution in [0.4, 0.5) is 0 Å². The standard InChI is InChI=1S/C45H81O8P/c1-4-7-9-11-13-15-17-19-21-23-25-27-29-31-33-35-37-39-44(46)50-41-43(42-52-54(48,49)51-6-3)53-45(47)40-38-36-34-32-30-28-26-24-22-20-18-16-14-12-10-8-5-2/h8,10,14,16,19-22,43H,4-7,9,11-13,15,17-18,23-42H2,1-3H3,(H,48,49)/b10-8-,16-14-,21-19-,22-20-. The number of allylic oxidation sites excluding steroid dienone is 8. The number of esters is 2. The largest absolute Gasteiger partial charge is 0.472 e. The Bertz CT molecular complexity index is 1020. The number of carbonyl (C=O) groups is 2. The molecule has 0 saturated heterocycles. The normalized spacial score (nSPS) is 13.8. The van der Waals surface area contributed by atoms with Gasteiger partial charge in [0, 0.05) is 12.8 Å². The molecular weight excluding hydrogens is 699 g/mol. The Kier molecular flexibility index (Phi) is 39.2. The lowest BCUT2D eigenvalue weighted by Crippen LogP contribution is -2.29. The molecule has 0 aromatic heterocycles. The molecule has 0 aliphatic carbocycles. The third-order valence-electron chi connectivity index (χ3n) is 9.12. The minimum atomic E-state index is -4.28. The molecule has 8 nitrogen and oxygen atoms in total. The Balaban J connectivity index is 4.09. The highest BCUT2D eigenvalue weighted by molar-refractivity contribution is 7.47. The fourth-order valence-corrected chi connectivity index (χ4v) is 6.69. The van der Waals surface area contributed by atoms with Gasteiger partial charge in [0.15, 0.2) is 6.10 Å². The first-order valence-electron chi connectivity index (χ1n) is 21.9. The third-order valence-corrected chi connectivity index (χ3v) is 10.2. The molecule has 0 spiro atoms. The zero-order chi connectivity index (χ0) is 39.6. The van der Waals surface area contributed by atoms with E-state index < -0.39 is 26.5 Å². The number of phosphoric ester groups is 1. The molecule has 0 aromatic rings. The molecule has 0 aliphatic heterocycles. The molecule has 314 valence electrons. The average Bonchev–Trinajstić information content (AvgIpc) is 3.15. The first-order chi connectivity index (χ1) is 26.3. The lowest BCUT2D eigenvalue weighted by Gasteiger charge is -2.19. The third kappa shape index (κ3) is 39.7. The Morgan fingerprint density at radius 2 is 0.944 bits per heavy atom. The van der Waals surface area contributed by atoms with E-state index in [9.17, 15) is 19.0 Å². The van der Waals surface area contributed by atoms with Crippen molar-refractivity contribution in [3.8, 4) is 0 Å². The van der Waals surface area contributed by atoms with Gasteiger partial charge in [-0.25, -0.2) is 4.57 Å². The molecule has 9 heteroatoms. The minimum absolute atomic E-state index is 0.00356. The van der Waals surface area contributed by atoms with E-state index in [1.807, 2.05) is 0 Å². The smallest absolute Gasteiger partial charge is 0.462 e. The van der Waals surface area contributed by atoms with E-state index in [2.05, 4.69) is 62.5 Å². The van der Waals surface area contributed by atoms with Crippen molar-refractivity contribution in [1.29, 1.82) is 0 Å². The van der Waals surface area contributed by atoms with E-state index >= 15 is 0 Å². The molecule has 54 heavy (non-hydrogen) atoms. The maximum Gasteiger partial charge on any atom is 0.472 e. The number of hydrogen-bond donors (Lipinski definition) is 1. The maximum absolute atomic E-state index is 12.6. The summed E-state index contributed by atoms with van der Waals surface area (Å²) in [4.78, 5) is 34.8. The number of carbonyl (C=O) groups excluding carboxylic acids is 2. The van der Waals surface area contributed by atoms with Crippen LogP contribution >= 0.6 is 7.82 Å². The van der Waals surface area contributed by atoms with Crippen molar-refractivity contribution >= 4 is 19.8 Å². The first-order valence-corrected chi connectivity index (χ1v) is 23.4. The zero-order valence-electron chi connectivity index (χ0n) is 34.9. The van der Waals surface area contributed by atoms with E-state index in [0.29, 0.717) is 6.42 Å². The van der Waals surface area contributed by atoms with Crippen LogP contribution in [0.5, 0.6) is 0 Å². The van der Waals surface area contributed by atoms with E-state index in [1.54, 1.807) is 6.92 Å². The van der Waals surface area contributed by atoms with Gasteiger partial charge in [0.25, 0.3) is 0 Å². The Hall–Kier alpha value is -1.99. The van der Waals surface area contributed by atoms with Gasteiger partial charge >= 0.3 is 19.8 Å². The van der Waals surface area contributed by atoms with Crippen LogP contribution < -0.4 is 0 Å². The summed E-state index contributed by atoms with van der Waals surface area (Å²) >= 11 is 0. The van der Waals surface area contributed by atoms with E-state index in [0.717, 1.165) is 64.2 Å². The van der Waals surface area contributed by atoms with Crippen LogP contribution in [-0.2, 0) is 32.7 Å². The van der Waals surface area contributed by atoms with Crippen molar-refractivity contribution in [2.45, 2.75) is 207 Å². The molecule has 0 aliphatic rings. The van der Waals surface area contributed by atoms with Crippen molar-refractivity contribution in [2.75, 3.05) is 19.8 Å². The van der Waals surface area contributed by atoms with Gasteiger partial charge in [-0.2, -0.15) is 0 Å². The number of ether oxygens (including phenoxy) is 2. The second kappa shape index (κ2) is 40.7. The Morgan fingerprint density at radius 3 is 1.44 bits per heavy atom. The van der Waals surface area contributed by atoms with Crippen molar-refractivity contribution in [2.24, 2.45) is 0 Å². The van der Waals surface area contributed by atoms with Crippen molar-refractivity contribution in [3.05, 3.63) is 48.6 Å². The second-order valence-electron chi connectivity index (χ2n) is 14.3. The van der Waals surface area contributed by atoms with Crippen LogP contribution in [0.25, 0.3) is 0 Å². The summed E-state index contributed by atoms with van der Waals surface area (Å²) in [5.74, 6) is -0.813. The van der Waals surface area contributed by atoms with Gasteiger partial charge in [0.1, 0.15) is 6.61 Å². The first kappa shape index (κ1) is 52.0. The summed E-state index contributed by atoms with van der Waals surface area (Å²) in [6.45, 7) is 5.35. The average molecular weight is 781 g/mol. The summed E-state index contributed by atoms with van der Waals surface area (Å²) in [6.07, 6.45) is 47.3. The lowest BCUT2D eigenvalue weighted by molar-refractivity contribution is -0.161. The Labute approximate surface area is 331 Å². The van der Waals surface area contributed by atoms with Crippen LogP contribution in [0.1, 0.15) is 201 Å². The summed E-state index contributed by atoms with van der Waals surface area (Å²) in [5.41, 5.74) is 0. The van der Waals surface area contributed by atoms with Crippen LogP contribution in [-0.4, -0.2) is 42.8 Å². The maximum atomic E-state index is 12.6. The van der Waals surface area contributed by atoms with Gasteiger partial charge in [-0.1, -0.05) is 159 Å². The van der Waals surface area contributed by atoms with Gasteiger partial charge in [0.2, 0.25) is 0 Å². The highest BCUT2D eigenvalue weighted by atomic mass is 31.2. The molecule has 0 rings (SSSR count). The SMILES string of the molecule is CC/C=C\C/C=C\C/C=C\CCCCCCCCCC(=O)OC(COC(=O)CCCCCCCCC/C=C\CCCCCCCC)COP(=O)(O)OCC. The van der Waals surface area contributed by atoms with Crippen molar-refractivity contribution in [1.82, 2.24) is 0 Å². The van der Waals surface area contributed by atoms with E-state index in [1.165, 1.54) is 96.3 Å². The zero-order valence-corrected chi connectivity index (χ0v) is 35.8. The lowest BCUT2D eigenvalue weighted by atomic mass is 10.1.